The number of carbonyl (C=O) groups excluding carboxylic acids is 1. The van der Waals surface area contributed by atoms with Gasteiger partial charge in [0.1, 0.15) is 0 Å². The topological polar surface area (TPSA) is 60.0 Å². The van der Waals surface area contributed by atoms with Crippen molar-refractivity contribution in [3.05, 3.63) is 0 Å². The molecular weight excluding hydrogens is 465 g/mol. The first kappa shape index (κ1) is 25.5. The van der Waals surface area contributed by atoms with Gasteiger partial charge in [-0.1, -0.05) is 27.7 Å². The van der Waals surface area contributed by atoms with Crippen molar-refractivity contribution in [1.82, 2.24) is 20.4 Å². The highest BCUT2D eigenvalue weighted by Gasteiger charge is 2.25. The van der Waals surface area contributed by atoms with E-state index in [1.165, 1.54) is 32.5 Å². The van der Waals surface area contributed by atoms with E-state index in [0.29, 0.717) is 12.0 Å². The van der Waals surface area contributed by atoms with Gasteiger partial charge in [-0.25, -0.2) is 0 Å². The Bertz CT molecular complexity index is 489. The minimum absolute atomic E-state index is 0. The van der Waals surface area contributed by atoms with Crippen molar-refractivity contribution in [3.63, 3.8) is 0 Å². The van der Waals surface area contributed by atoms with Gasteiger partial charge in [0, 0.05) is 51.7 Å². The van der Waals surface area contributed by atoms with E-state index in [9.17, 15) is 4.79 Å². The summed E-state index contributed by atoms with van der Waals surface area (Å²) in [7, 11) is 1.85. The molecule has 0 saturated carbocycles. The Kier molecular flexibility index (Phi) is 11.7. The zero-order valence-electron chi connectivity index (χ0n) is 18.5. The van der Waals surface area contributed by atoms with Crippen molar-refractivity contribution < 1.29 is 4.79 Å². The van der Waals surface area contributed by atoms with Gasteiger partial charge >= 0.3 is 0 Å². The number of aliphatic imine (C=N–C) groups is 1. The van der Waals surface area contributed by atoms with E-state index in [-0.39, 0.29) is 35.8 Å². The Labute approximate surface area is 189 Å². The summed E-state index contributed by atoms with van der Waals surface area (Å²) in [5.41, 5.74) is 0. The third-order valence-corrected chi connectivity index (χ3v) is 5.65. The van der Waals surface area contributed by atoms with Gasteiger partial charge in [0.25, 0.3) is 0 Å². The zero-order chi connectivity index (χ0) is 19.8. The number of nitrogens with one attached hydrogen (secondary N) is 2. The van der Waals surface area contributed by atoms with E-state index < -0.39 is 0 Å². The maximum Gasteiger partial charge on any atom is 0.225 e. The van der Waals surface area contributed by atoms with E-state index in [2.05, 4.69) is 34.4 Å². The van der Waals surface area contributed by atoms with Crippen LogP contribution in [0.5, 0.6) is 0 Å². The molecule has 2 fully saturated rings. The first-order chi connectivity index (χ1) is 12.9. The summed E-state index contributed by atoms with van der Waals surface area (Å²) in [6, 6.07) is 0.399. The number of piperidine rings is 2. The second-order valence-corrected chi connectivity index (χ2v) is 9.01. The smallest absolute Gasteiger partial charge is 0.225 e. The minimum atomic E-state index is 0. The van der Waals surface area contributed by atoms with Crippen LogP contribution in [0.2, 0.25) is 0 Å². The van der Waals surface area contributed by atoms with Gasteiger partial charge in [0.2, 0.25) is 5.91 Å². The number of amides is 1. The minimum Gasteiger partial charge on any atom is -0.356 e. The number of hydrogen-bond donors (Lipinski definition) is 2. The van der Waals surface area contributed by atoms with Gasteiger partial charge in [-0.2, -0.15) is 0 Å². The SMILES string of the molecule is CN=C(NCC1CCCN(CC(C)C)C1)NC1CCN(C(=O)C(C)C)CC1.I. The van der Waals surface area contributed by atoms with E-state index in [0.717, 1.165) is 44.4 Å². The molecule has 0 aromatic rings. The van der Waals surface area contributed by atoms with Crippen molar-refractivity contribution in [1.29, 1.82) is 0 Å². The maximum atomic E-state index is 12.1. The largest absolute Gasteiger partial charge is 0.356 e. The Morgan fingerprint density at radius 3 is 2.36 bits per heavy atom. The molecule has 1 atom stereocenters. The standard InChI is InChI=1S/C21H41N5O.HI/c1-16(2)14-25-10-6-7-18(15-25)13-23-21(22-5)24-19-8-11-26(12-9-19)20(27)17(3)4;/h16-19H,6-15H2,1-5H3,(H2,22,23,24);1H. The monoisotopic (exact) mass is 507 g/mol. The Morgan fingerprint density at radius 2 is 1.79 bits per heavy atom. The average molecular weight is 508 g/mol. The molecule has 2 rings (SSSR count). The molecule has 1 unspecified atom stereocenters. The summed E-state index contributed by atoms with van der Waals surface area (Å²) in [6.07, 6.45) is 4.58. The number of nitrogens with zero attached hydrogens (tertiary/aromatic N) is 3. The van der Waals surface area contributed by atoms with Crippen molar-refractivity contribution in [2.24, 2.45) is 22.7 Å². The van der Waals surface area contributed by atoms with Gasteiger partial charge in [0.15, 0.2) is 5.96 Å². The van der Waals surface area contributed by atoms with Gasteiger partial charge in [-0.05, 0) is 44.1 Å². The molecule has 2 N–H and O–H groups in total. The van der Waals surface area contributed by atoms with E-state index >= 15 is 0 Å². The number of halogens is 1. The molecule has 0 aliphatic carbocycles. The van der Waals surface area contributed by atoms with Crippen LogP contribution in [-0.4, -0.2) is 74.0 Å². The molecular formula is C21H42IN5O. The molecule has 7 heteroatoms. The van der Waals surface area contributed by atoms with E-state index in [1.807, 2.05) is 25.8 Å². The predicted octanol–water partition coefficient (Wildman–Crippen LogP) is 2.78. The van der Waals surface area contributed by atoms with Gasteiger partial charge in [-0.3, -0.25) is 9.79 Å². The van der Waals surface area contributed by atoms with Gasteiger partial charge < -0.3 is 20.4 Å². The van der Waals surface area contributed by atoms with Crippen LogP contribution in [0.3, 0.4) is 0 Å². The Balaban J connectivity index is 0.00000392. The highest BCUT2D eigenvalue weighted by atomic mass is 127. The Hall–Kier alpha value is -0.570. The fourth-order valence-electron chi connectivity index (χ4n) is 4.24. The van der Waals surface area contributed by atoms with Crippen LogP contribution in [0.4, 0.5) is 0 Å². The number of likely N-dealkylation sites (tertiary alicyclic amines) is 2. The lowest BCUT2D eigenvalue weighted by atomic mass is 9.97. The first-order valence-corrected chi connectivity index (χ1v) is 10.9. The summed E-state index contributed by atoms with van der Waals surface area (Å²) in [5.74, 6) is 2.71. The van der Waals surface area contributed by atoms with Crippen molar-refractivity contribution in [2.75, 3.05) is 46.3 Å². The van der Waals surface area contributed by atoms with Crippen LogP contribution in [0.1, 0.15) is 53.4 Å². The van der Waals surface area contributed by atoms with Crippen molar-refractivity contribution in [2.45, 2.75) is 59.4 Å². The highest BCUT2D eigenvalue weighted by Crippen LogP contribution is 2.17. The molecule has 1 amide bonds. The summed E-state index contributed by atoms with van der Waals surface area (Å²) < 4.78 is 0. The second kappa shape index (κ2) is 12.9. The van der Waals surface area contributed by atoms with Crippen LogP contribution in [0, 0.1) is 17.8 Å². The summed E-state index contributed by atoms with van der Waals surface area (Å²) in [5, 5.41) is 7.11. The molecule has 0 radical (unpaired) electrons. The van der Waals surface area contributed by atoms with Crippen molar-refractivity contribution in [3.8, 4) is 0 Å². The number of guanidine groups is 1. The summed E-state index contributed by atoms with van der Waals surface area (Å²) >= 11 is 0. The second-order valence-electron chi connectivity index (χ2n) is 9.01. The lowest BCUT2D eigenvalue weighted by Crippen LogP contribution is -2.51. The normalized spacial score (nSPS) is 22.3. The molecule has 28 heavy (non-hydrogen) atoms. The number of hydrogen-bond acceptors (Lipinski definition) is 3. The molecule has 2 saturated heterocycles. The molecule has 0 aromatic carbocycles. The fraction of sp³-hybridized carbons (Fsp3) is 0.905. The number of rotatable bonds is 6. The molecule has 6 nitrogen and oxygen atoms in total. The van der Waals surface area contributed by atoms with Crippen LogP contribution in [0.15, 0.2) is 4.99 Å². The maximum absolute atomic E-state index is 12.1. The fourth-order valence-corrected chi connectivity index (χ4v) is 4.24. The lowest BCUT2D eigenvalue weighted by molar-refractivity contribution is -0.135. The Morgan fingerprint density at radius 1 is 1.11 bits per heavy atom. The first-order valence-electron chi connectivity index (χ1n) is 10.9. The lowest BCUT2D eigenvalue weighted by Gasteiger charge is -2.35. The van der Waals surface area contributed by atoms with Crippen LogP contribution >= 0.6 is 24.0 Å². The molecule has 0 bridgehead atoms. The van der Waals surface area contributed by atoms with Crippen LogP contribution in [-0.2, 0) is 4.79 Å². The predicted molar refractivity (Wildman–Crippen MR) is 128 cm³/mol. The summed E-state index contributed by atoms with van der Waals surface area (Å²) in [6.45, 7) is 14.9. The molecule has 0 aromatic heterocycles. The van der Waals surface area contributed by atoms with Gasteiger partial charge in [0.05, 0.1) is 0 Å². The molecule has 164 valence electrons. The molecule has 2 aliphatic rings. The van der Waals surface area contributed by atoms with Crippen LogP contribution < -0.4 is 10.6 Å². The van der Waals surface area contributed by atoms with Crippen molar-refractivity contribution >= 4 is 35.8 Å². The summed E-state index contributed by atoms with van der Waals surface area (Å²) in [4.78, 5) is 21.1. The molecule has 2 heterocycles. The quantitative estimate of drug-likeness (QED) is 0.330. The molecule has 2 aliphatic heterocycles. The van der Waals surface area contributed by atoms with E-state index in [1.54, 1.807) is 0 Å². The van der Waals surface area contributed by atoms with Crippen LogP contribution in [0.25, 0.3) is 0 Å². The van der Waals surface area contributed by atoms with Gasteiger partial charge in [-0.15, -0.1) is 24.0 Å². The molecule has 0 spiro atoms. The average Bonchev–Trinajstić information content (AvgIpc) is 2.64. The van der Waals surface area contributed by atoms with E-state index in [4.69, 9.17) is 0 Å². The third kappa shape index (κ3) is 8.43. The third-order valence-electron chi connectivity index (χ3n) is 5.65. The highest BCUT2D eigenvalue weighted by molar-refractivity contribution is 14.0. The number of carbonyl (C=O) groups is 1. The zero-order valence-corrected chi connectivity index (χ0v) is 20.9.